The number of likely N-dealkylation sites (N-methyl/N-ethyl adjacent to an activating group) is 1. The second kappa shape index (κ2) is 7.94. The monoisotopic (exact) mass is 304 g/mol. The van der Waals surface area contributed by atoms with Crippen LogP contribution in [-0.4, -0.2) is 62.0 Å². The zero-order chi connectivity index (χ0) is 15.9. The molecule has 1 aromatic carbocycles. The van der Waals surface area contributed by atoms with Crippen LogP contribution >= 0.6 is 0 Å². The van der Waals surface area contributed by atoms with Crippen LogP contribution in [0.25, 0.3) is 0 Å². The third-order valence-corrected chi connectivity index (χ3v) is 4.08. The van der Waals surface area contributed by atoms with Crippen LogP contribution in [0.2, 0.25) is 0 Å². The highest BCUT2D eigenvalue weighted by atomic mass is 16.5. The fourth-order valence-corrected chi connectivity index (χ4v) is 2.69. The molecule has 0 aromatic heterocycles. The number of benzene rings is 1. The summed E-state index contributed by atoms with van der Waals surface area (Å²) in [6.07, 6.45) is 3.81. The molecule has 1 aromatic rings. The van der Waals surface area contributed by atoms with Crippen molar-refractivity contribution < 1.29 is 14.3 Å². The maximum atomic E-state index is 12.4. The van der Waals surface area contributed by atoms with E-state index in [2.05, 4.69) is 9.64 Å². The van der Waals surface area contributed by atoms with Gasteiger partial charge in [-0.25, -0.2) is 4.79 Å². The van der Waals surface area contributed by atoms with Crippen molar-refractivity contribution in [2.75, 3.05) is 40.3 Å². The van der Waals surface area contributed by atoms with Crippen molar-refractivity contribution in [1.29, 1.82) is 0 Å². The zero-order valence-corrected chi connectivity index (χ0v) is 13.4. The van der Waals surface area contributed by atoms with Gasteiger partial charge < -0.3 is 14.5 Å². The molecule has 1 fully saturated rings. The summed E-state index contributed by atoms with van der Waals surface area (Å²) in [7, 11) is 3.14. The van der Waals surface area contributed by atoms with Gasteiger partial charge in [0.2, 0.25) is 0 Å². The number of esters is 1. The Balaban J connectivity index is 1.93. The molecule has 5 heteroatoms. The van der Waals surface area contributed by atoms with E-state index in [0.717, 1.165) is 19.6 Å². The predicted octanol–water partition coefficient (Wildman–Crippen LogP) is 2.03. The van der Waals surface area contributed by atoms with Crippen LogP contribution in [0.5, 0.6) is 0 Å². The minimum atomic E-state index is -0.425. The number of hydrogen-bond acceptors (Lipinski definition) is 4. The molecule has 2 rings (SSSR count). The maximum absolute atomic E-state index is 12.4. The quantitative estimate of drug-likeness (QED) is 0.781. The van der Waals surface area contributed by atoms with Gasteiger partial charge in [0.25, 0.3) is 5.91 Å². The summed E-state index contributed by atoms with van der Waals surface area (Å²) < 4.78 is 4.69. The number of amides is 1. The third-order valence-electron chi connectivity index (χ3n) is 4.08. The number of rotatable bonds is 5. The van der Waals surface area contributed by atoms with Gasteiger partial charge in [-0.1, -0.05) is 12.5 Å². The van der Waals surface area contributed by atoms with Gasteiger partial charge in [-0.05, 0) is 44.1 Å². The van der Waals surface area contributed by atoms with Crippen LogP contribution < -0.4 is 0 Å². The van der Waals surface area contributed by atoms with Crippen LogP contribution in [0.1, 0.15) is 40.0 Å². The topological polar surface area (TPSA) is 49.9 Å². The van der Waals surface area contributed by atoms with Crippen LogP contribution in [0, 0.1) is 0 Å². The lowest BCUT2D eigenvalue weighted by Crippen LogP contribution is -2.38. The Morgan fingerprint density at radius 2 is 1.86 bits per heavy atom. The molecule has 0 atom stereocenters. The Bertz CT molecular complexity index is 524. The Hall–Kier alpha value is -1.88. The molecular weight excluding hydrogens is 280 g/mol. The fraction of sp³-hybridized carbons (Fsp3) is 0.529. The number of hydrogen-bond donors (Lipinski definition) is 0. The summed E-state index contributed by atoms with van der Waals surface area (Å²) in [4.78, 5) is 28.1. The highest BCUT2D eigenvalue weighted by molar-refractivity contribution is 5.97. The van der Waals surface area contributed by atoms with E-state index in [-0.39, 0.29) is 5.91 Å². The summed E-state index contributed by atoms with van der Waals surface area (Å²) in [6.45, 7) is 3.85. The maximum Gasteiger partial charge on any atom is 0.337 e. The first-order chi connectivity index (χ1) is 10.6. The van der Waals surface area contributed by atoms with E-state index in [9.17, 15) is 9.59 Å². The second-order valence-electron chi connectivity index (χ2n) is 5.70. The lowest BCUT2D eigenvalue weighted by atomic mass is 10.1. The molecule has 1 aliphatic rings. The van der Waals surface area contributed by atoms with E-state index in [0.29, 0.717) is 17.7 Å². The molecule has 22 heavy (non-hydrogen) atoms. The number of nitrogens with zero attached hydrogens (tertiary/aromatic N) is 2. The highest BCUT2D eigenvalue weighted by Crippen LogP contribution is 2.11. The van der Waals surface area contributed by atoms with Crippen LogP contribution in [0.15, 0.2) is 24.3 Å². The number of carbonyl (C=O) groups excluding carboxylic acids is 2. The van der Waals surface area contributed by atoms with E-state index >= 15 is 0 Å². The normalized spacial score (nSPS) is 15.4. The molecule has 0 unspecified atom stereocenters. The molecular formula is C17H24N2O3. The molecule has 0 N–H and O–H groups in total. The van der Waals surface area contributed by atoms with Gasteiger partial charge in [0, 0.05) is 25.7 Å². The molecule has 0 saturated carbocycles. The van der Waals surface area contributed by atoms with Crippen molar-refractivity contribution in [3.05, 3.63) is 35.4 Å². The SMILES string of the molecule is COC(=O)c1cccc(C(=O)N(C)CCN2CCCCC2)c1. The van der Waals surface area contributed by atoms with Gasteiger partial charge in [0.05, 0.1) is 12.7 Å². The number of methoxy groups -OCH3 is 1. The minimum Gasteiger partial charge on any atom is -0.465 e. The number of piperidine rings is 1. The molecule has 1 amide bonds. The van der Waals surface area contributed by atoms with E-state index in [4.69, 9.17) is 0 Å². The van der Waals surface area contributed by atoms with Crippen LogP contribution in [0.3, 0.4) is 0 Å². The molecule has 0 radical (unpaired) electrons. The average Bonchev–Trinajstić information content (AvgIpc) is 2.59. The highest BCUT2D eigenvalue weighted by Gasteiger charge is 2.16. The minimum absolute atomic E-state index is 0.0669. The van der Waals surface area contributed by atoms with Crippen molar-refractivity contribution in [3.63, 3.8) is 0 Å². The lowest BCUT2D eigenvalue weighted by molar-refractivity contribution is 0.0600. The zero-order valence-electron chi connectivity index (χ0n) is 13.4. The molecule has 5 nitrogen and oxygen atoms in total. The standard InChI is InChI=1S/C17H24N2O3/c1-18(11-12-19-9-4-3-5-10-19)16(20)14-7-6-8-15(13-14)17(21)22-2/h6-8,13H,3-5,9-12H2,1-2H3. The molecule has 1 aliphatic heterocycles. The average molecular weight is 304 g/mol. The summed E-state index contributed by atoms with van der Waals surface area (Å²) in [5.41, 5.74) is 0.918. The predicted molar refractivity (Wildman–Crippen MR) is 85.0 cm³/mol. The van der Waals surface area contributed by atoms with Crippen molar-refractivity contribution >= 4 is 11.9 Å². The molecule has 0 aliphatic carbocycles. The van der Waals surface area contributed by atoms with Crippen molar-refractivity contribution in [3.8, 4) is 0 Å². The van der Waals surface area contributed by atoms with Crippen molar-refractivity contribution in [1.82, 2.24) is 9.80 Å². The molecule has 0 bridgehead atoms. The van der Waals surface area contributed by atoms with Crippen molar-refractivity contribution in [2.45, 2.75) is 19.3 Å². The van der Waals surface area contributed by atoms with E-state index in [1.54, 1.807) is 36.2 Å². The molecule has 120 valence electrons. The van der Waals surface area contributed by atoms with E-state index in [1.165, 1.54) is 26.4 Å². The first-order valence-electron chi connectivity index (χ1n) is 7.78. The van der Waals surface area contributed by atoms with Gasteiger partial charge in [-0.3, -0.25) is 4.79 Å². The van der Waals surface area contributed by atoms with Gasteiger partial charge >= 0.3 is 5.97 Å². The number of ether oxygens (including phenoxy) is 1. The second-order valence-corrected chi connectivity index (χ2v) is 5.70. The molecule has 0 spiro atoms. The Morgan fingerprint density at radius 1 is 1.18 bits per heavy atom. The van der Waals surface area contributed by atoms with Crippen LogP contribution in [-0.2, 0) is 4.74 Å². The lowest BCUT2D eigenvalue weighted by Gasteiger charge is -2.28. The number of carbonyl (C=O) groups is 2. The van der Waals surface area contributed by atoms with Gasteiger partial charge in [0.15, 0.2) is 0 Å². The first kappa shape index (κ1) is 16.5. The van der Waals surface area contributed by atoms with Gasteiger partial charge in [-0.2, -0.15) is 0 Å². The smallest absolute Gasteiger partial charge is 0.337 e. The third kappa shape index (κ3) is 4.31. The van der Waals surface area contributed by atoms with Gasteiger partial charge in [0.1, 0.15) is 0 Å². The van der Waals surface area contributed by atoms with E-state index < -0.39 is 5.97 Å². The fourth-order valence-electron chi connectivity index (χ4n) is 2.69. The summed E-state index contributed by atoms with van der Waals surface area (Å²) in [5.74, 6) is -0.492. The molecule has 1 saturated heterocycles. The van der Waals surface area contributed by atoms with E-state index in [1.807, 2.05) is 0 Å². The summed E-state index contributed by atoms with van der Waals surface area (Å²) in [5, 5.41) is 0. The summed E-state index contributed by atoms with van der Waals surface area (Å²) in [6, 6.07) is 6.67. The Morgan fingerprint density at radius 3 is 2.55 bits per heavy atom. The van der Waals surface area contributed by atoms with Crippen molar-refractivity contribution in [2.24, 2.45) is 0 Å². The van der Waals surface area contributed by atoms with Crippen LogP contribution in [0.4, 0.5) is 0 Å². The molecule has 1 heterocycles. The first-order valence-corrected chi connectivity index (χ1v) is 7.78. The van der Waals surface area contributed by atoms with Gasteiger partial charge in [-0.15, -0.1) is 0 Å². The number of likely N-dealkylation sites (tertiary alicyclic amines) is 1. The Labute approximate surface area is 131 Å². The largest absolute Gasteiger partial charge is 0.465 e. The Kier molecular flexibility index (Phi) is 5.95. The summed E-state index contributed by atoms with van der Waals surface area (Å²) >= 11 is 0.